The predicted octanol–water partition coefficient (Wildman–Crippen LogP) is 15.0. The van der Waals surface area contributed by atoms with Gasteiger partial charge in [0.1, 0.15) is 0 Å². The van der Waals surface area contributed by atoms with Crippen molar-refractivity contribution < 1.29 is 0 Å². The summed E-state index contributed by atoms with van der Waals surface area (Å²) in [6.07, 6.45) is 3.67. The van der Waals surface area contributed by atoms with Crippen molar-refractivity contribution in [2.75, 3.05) is 0 Å². The van der Waals surface area contributed by atoms with Gasteiger partial charge in [-0.05, 0) is 115 Å². The normalized spacial score (nSPS) is 13.9. The van der Waals surface area contributed by atoms with Gasteiger partial charge in [0.2, 0.25) is 0 Å². The van der Waals surface area contributed by atoms with Crippen LogP contribution in [0.1, 0.15) is 49.9 Å². The molecule has 4 nitrogen and oxygen atoms in total. The van der Waals surface area contributed by atoms with Crippen LogP contribution in [0.5, 0.6) is 0 Å². The van der Waals surface area contributed by atoms with Gasteiger partial charge in [-0.15, -0.1) is 0 Å². The maximum atomic E-state index is 5.58. The van der Waals surface area contributed by atoms with Gasteiger partial charge >= 0.3 is 0 Å². The van der Waals surface area contributed by atoms with Crippen LogP contribution in [0.15, 0.2) is 194 Å². The van der Waals surface area contributed by atoms with Gasteiger partial charge in [-0.1, -0.05) is 161 Å². The Morgan fingerprint density at radius 1 is 0.297 bits per heavy atom. The molecule has 0 spiro atoms. The van der Waals surface area contributed by atoms with Crippen LogP contribution >= 0.6 is 0 Å². The number of fused-ring (bicyclic) bond motifs is 7. The Labute approximate surface area is 374 Å². The molecule has 4 heteroatoms. The van der Waals surface area contributed by atoms with Crippen molar-refractivity contribution in [3.8, 4) is 89.5 Å². The van der Waals surface area contributed by atoms with Crippen LogP contribution in [0.3, 0.4) is 0 Å². The van der Waals surface area contributed by atoms with Crippen molar-refractivity contribution in [3.05, 3.63) is 217 Å². The molecule has 0 unspecified atom stereocenters. The van der Waals surface area contributed by atoms with E-state index in [1.807, 2.05) is 48.8 Å². The Morgan fingerprint density at radius 2 is 0.656 bits per heavy atom. The average molecular weight is 821 g/mol. The summed E-state index contributed by atoms with van der Waals surface area (Å²) in [5.41, 5.74) is 24.2. The maximum absolute atomic E-state index is 5.58. The summed E-state index contributed by atoms with van der Waals surface area (Å²) in [6.45, 7) is 9.41. The lowest BCUT2D eigenvalue weighted by Crippen LogP contribution is -2.15. The van der Waals surface area contributed by atoms with Crippen LogP contribution < -0.4 is 0 Å². The summed E-state index contributed by atoms with van der Waals surface area (Å²) in [5.74, 6) is 0. The lowest BCUT2D eigenvalue weighted by molar-refractivity contribution is 0.660. The van der Waals surface area contributed by atoms with Crippen LogP contribution in [0.25, 0.3) is 101 Å². The molecular weight excluding hydrogens is 777 g/mol. The molecule has 12 rings (SSSR count). The summed E-state index contributed by atoms with van der Waals surface area (Å²) in [7, 11) is 0. The van der Waals surface area contributed by atoms with E-state index >= 15 is 0 Å². The first-order valence-corrected chi connectivity index (χ1v) is 22.1. The first kappa shape index (κ1) is 37.9. The van der Waals surface area contributed by atoms with E-state index in [-0.39, 0.29) is 10.8 Å². The fourth-order valence-electron chi connectivity index (χ4n) is 10.4. The Hall–Kier alpha value is -7.82. The van der Waals surface area contributed by atoms with E-state index in [4.69, 9.17) is 9.97 Å². The standard InChI is InChI=1S/C60H44N4/c1-59(2)49-15-7-5-13-43(49)45-29-27-41(33-51(45)59)47-35-55-56(36-48(47)42-28-30-46-44-14-6-8-16-50(44)60(3,4)52(46)34-42)64-58(40-25-21-38(22-26-40)54-18-10-12-32-62-54)57(63-55)39-23-19-37(20-24-39)53-17-9-11-31-61-53/h5-36H,1-4H3. The lowest BCUT2D eigenvalue weighted by atomic mass is 9.80. The highest BCUT2D eigenvalue weighted by molar-refractivity contribution is 5.98. The van der Waals surface area contributed by atoms with Crippen molar-refractivity contribution in [2.45, 2.75) is 38.5 Å². The van der Waals surface area contributed by atoms with Crippen molar-refractivity contribution in [2.24, 2.45) is 0 Å². The Kier molecular flexibility index (Phi) is 8.51. The number of pyridine rings is 2. The van der Waals surface area contributed by atoms with Crippen LogP contribution in [-0.4, -0.2) is 19.9 Å². The van der Waals surface area contributed by atoms with E-state index in [9.17, 15) is 0 Å². The average Bonchev–Trinajstić information content (AvgIpc) is 3.72. The zero-order chi connectivity index (χ0) is 43.2. The highest BCUT2D eigenvalue weighted by Gasteiger charge is 2.37. The summed E-state index contributed by atoms with van der Waals surface area (Å²) >= 11 is 0. The second kappa shape index (κ2) is 14.4. The quantitative estimate of drug-likeness (QED) is 0.168. The minimum Gasteiger partial charge on any atom is -0.256 e. The Morgan fingerprint density at radius 3 is 1.06 bits per heavy atom. The van der Waals surface area contributed by atoms with Crippen molar-refractivity contribution >= 4 is 11.0 Å². The number of rotatable bonds is 6. The maximum Gasteiger partial charge on any atom is 0.0973 e. The molecule has 0 fully saturated rings. The van der Waals surface area contributed by atoms with Crippen LogP contribution in [0, 0.1) is 0 Å². The van der Waals surface area contributed by atoms with Gasteiger partial charge in [0, 0.05) is 45.5 Å². The van der Waals surface area contributed by atoms with Gasteiger partial charge in [-0.25, -0.2) is 9.97 Å². The summed E-state index contributed by atoms with van der Waals surface area (Å²) in [5, 5.41) is 0. The summed E-state index contributed by atoms with van der Waals surface area (Å²) < 4.78 is 0. The smallest absolute Gasteiger partial charge is 0.0973 e. The molecule has 0 radical (unpaired) electrons. The van der Waals surface area contributed by atoms with E-state index in [1.54, 1.807) is 0 Å². The molecule has 2 aliphatic carbocycles. The molecule has 3 aromatic heterocycles. The first-order chi connectivity index (χ1) is 31.2. The Bertz CT molecular complexity index is 3230. The van der Waals surface area contributed by atoms with E-state index in [0.29, 0.717) is 0 Å². The molecule has 0 aliphatic heterocycles. The zero-order valence-electron chi connectivity index (χ0n) is 36.3. The fourth-order valence-corrected chi connectivity index (χ4v) is 10.4. The van der Waals surface area contributed by atoms with Crippen molar-refractivity contribution in [3.63, 3.8) is 0 Å². The molecule has 304 valence electrons. The summed E-state index contributed by atoms with van der Waals surface area (Å²) in [4.78, 5) is 20.4. The van der Waals surface area contributed by atoms with Gasteiger partial charge in [-0.2, -0.15) is 0 Å². The second-order valence-corrected chi connectivity index (χ2v) is 18.3. The molecule has 10 aromatic rings. The molecule has 7 aromatic carbocycles. The van der Waals surface area contributed by atoms with Crippen molar-refractivity contribution in [1.82, 2.24) is 19.9 Å². The molecule has 64 heavy (non-hydrogen) atoms. The molecule has 0 saturated heterocycles. The first-order valence-electron chi connectivity index (χ1n) is 22.1. The van der Waals surface area contributed by atoms with Gasteiger partial charge in [0.15, 0.2) is 0 Å². The van der Waals surface area contributed by atoms with Crippen LogP contribution in [0.2, 0.25) is 0 Å². The van der Waals surface area contributed by atoms with Crippen LogP contribution in [-0.2, 0) is 10.8 Å². The van der Waals surface area contributed by atoms with E-state index in [2.05, 4.69) is 183 Å². The second-order valence-electron chi connectivity index (χ2n) is 18.3. The molecule has 0 atom stereocenters. The predicted molar refractivity (Wildman–Crippen MR) is 263 cm³/mol. The highest BCUT2D eigenvalue weighted by atomic mass is 14.8. The lowest BCUT2D eigenvalue weighted by Gasteiger charge is -2.23. The topological polar surface area (TPSA) is 51.6 Å². The van der Waals surface area contributed by atoms with E-state index in [0.717, 1.165) is 78.3 Å². The number of nitrogens with zero attached hydrogens (tertiary/aromatic N) is 4. The third-order valence-electron chi connectivity index (χ3n) is 13.8. The van der Waals surface area contributed by atoms with Crippen LogP contribution in [0.4, 0.5) is 0 Å². The third-order valence-corrected chi connectivity index (χ3v) is 13.8. The monoisotopic (exact) mass is 820 g/mol. The van der Waals surface area contributed by atoms with Gasteiger partial charge in [0.05, 0.1) is 33.8 Å². The van der Waals surface area contributed by atoms with Gasteiger partial charge < -0.3 is 0 Å². The molecular formula is C60H44N4. The van der Waals surface area contributed by atoms with Gasteiger partial charge in [-0.3, -0.25) is 9.97 Å². The number of aromatic nitrogens is 4. The molecule has 0 saturated carbocycles. The molecule has 2 aliphatic rings. The van der Waals surface area contributed by atoms with E-state index in [1.165, 1.54) is 44.5 Å². The third kappa shape index (κ3) is 5.97. The molecule has 0 N–H and O–H groups in total. The minimum atomic E-state index is -0.141. The van der Waals surface area contributed by atoms with Gasteiger partial charge in [0.25, 0.3) is 0 Å². The van der Waals surface area contributed by atoms with Crippen molar-refractivity contribution in [1.29, 1.82) is 0 Å². The van der Waals surface area contributed by atoms with E-state index < -0.39 is 0 Å². The highest BCUT2D eigenvalue weighted by Crippen LogP contribution is 2.52. The largest absolute Gasteiger partial charge is 0.256 e. The zero-order valence-corrected chi connectivity index (χ0v) is 36.3. The molecule has 0 bridgehead atoms. The molecule has 3 heterocycles. The Balaban J connectivity index is 1.08. The molecule has 0 amide bonds. The number of hydrogen-bond donors (Lipinski definition) is 0. The fraction of sp³-hybridized carbons (Fsp3) is 0.100. The minimum absolute atomic E-state index is 0.141. The SMILES string of the molecule is CC1(C)c2ccccc2-c2ccc(-c3cc4nc(-c5ccc(-c6ccccn6)cc5)c(-c5ccc(-c6ccccn6)cc5)nc4cc3-c3ccc4c(c3)C(C)(C)c3ccccc3-4)cc21. The number of benzene rings is 7. The number of hydrogen-bond acceptors (Lipinski definition) is 4. The summed E-state index contributed by atoms with van der Waals surface area (Å²) in [6, 6.07) is 65.5.